The van der Waals surface area contributed by atoms with Crippen LogP contribution in [-0.4, -0.2) is 13.1 Å². The molecule has 0 amide bonds. The molecule has 138 valence electrons. The molecule has 0 spiro atoms. The first kappa shape index (κ1) is 20.9. The van der Waals surface area contributed by atoms with Gasteiger partial charge in [0.1, 0.15) is 11.6 Å². The lowest BCUT2D eigenvalue weighted by Crippen LogP contribution is -2.36. The van der Waals surface area contributed by atoms with E-state index in [0.717, 1.165) is 38.4 Å². The van der Waals surface area contributed by atoms with Gasteiger partial charge in [0.15, 0.2) is 0 Å². The maximum atomic E-state index is 14.3. The first-order valence-corrected chi connectivity index (χ1v) is 9.53. The van der Waals surface area contributed by atoms with Gasteiger partial charge < -0.3 is 4.90 Å². The average Bonchev–Trinajstić information content (AvgIpc) is 2.54. The topological polar surface area (TPSA) is 3.24 Å². The molecule has 24 heavy (non-hydrogen) atoms. The molecule has 1 aromatic carbocycles. The highest BCUT2D eigenvalue weighted by atomic mass is 19.1. The first-order chi connectivity index (χ1) is 11.3. The number of hydrogen-bond donors (Lipinski definition) is 0. The van der Waals surface area contributed by atoms with E-state index in [1.165, 1.54) is 25.3 Å². The number of halogens is 2. The molecule has 0 aliphatic heterocycles. The van der Waals surface area contributed by atoms with E-state index < -0.39 is 11.6 Å². The highest BCUT2D eigenvalue weighted by Crippen LogP contribution is 2.29. The van der Waals surface area contributed by atoms with E-state index in [1.807, 2.05) is 0 Å². The molecule has 0 bridgehead atoms. The van der Waals surface area contributed by atoms with Crippen molar-refractivity contribution in [1.29, 1.82) is 0 Å². The number of hydrogen-bond acceptors (Lipinski definition) is 1. The monoisotopic (exact) mass is 339 g/mol. The second kappa shape index (κ2) is 10.0. The Morgan fingerprint density at radius 2 is 1.79 bits per heavy atom. The highest BCUT2D eigenvalue weighted by Gasteiger charge is 2.23. The SMILES string of the molecule is CCCCC(CC)CCN(CC(C)(C)CC)c1ccc(F)cc1F. The lowest BCUT2D eigenvalue weighted by Gasteiger charge is -2.34. The molecular formula is C21H35F2N. The molecule has 1 atom stereocenters. The normalized spacial score (nSPS) is 13.1. The molecule has 0 aliphatic carbocycles. The van der Waals surface area contributed by atoms with Crippen molar-refractivity contribution in [3.63, 3.8) is 0 Å². The van der Waals surface area contributed by atoms with Gasteiger partial charge >= 0.3 is 0 Å². The number of rotatable bonds is 11. The predicted molar refractivity (Wildman–Crippen MR) is 101 cm³/mol. The Bertz CT molecular complexity index is 485. The van der Waals surface area contributed by atoms with E-state index in [9.17, 15) is 8.78 Å². The molecule has 0 saturated carbocycles. The third-order valence-electron chi connectivity index (χ3n) is 5.18. The van der Waals surface area contributed by atoms with Gasteiger partial charge in [0.2, 0.25) is 0 Å². The summed E-state index contributed by atoms with van der Waals surface area (Å²) in [5.41, 5.74) is 0.634. The number of anilines is 1. The summed E-state index contributed by atoms with van der Waals surface area (Å²) in [4.78, 5) is 2.12. The van der Waals surface area contributed by atoms with Crippen molar-refractivity contribution in [1.82, 2.24) is 0 Å². The smallest absolute Gasteiger partial charge is 0.149 e. The van der Waals surface area contributed by atoms with Crippen LogP contribution in [0.4, 0.5) is 14.5 Å². The van der Waals surface area contributed by atoms with E-state index >= 15 is 0 Å². The third-order valence-corrected chi connectivity index (χ3v) is 5.18. The molecule has 0 aromatic heterocycles. The standard InChI is InChI=1S/C21H35F2N/c1-6-9-10-17(7-2)13-14-24(16-21(4,5)8-3)20-12-11-18(22)15-19(20)23/h11-12,15,17H,6-10,13-14,16H2,1-5H3. The Morgan fingerprint density at radius 1 is 1.08 bits per heavy atom. The lowest BCUT2D eigenvalue weighted by molar-refractivity contribution is 0.340. The van der Waals surface area contributed by atoms with Gasteiger partial charge in [-0.05, 0) is 36.3 Å². The molecule has 1 nitrogen and oxygen atoms in total. The highest BCUT2D eigenvalue weighted by molar-refractivity contribution is 5.48. The van der Waals surface area contributed by atoms with E-state index in [0.29, 0.717) is 11.6 Å². The predicted octanol–water partition coefficient (Wildman–Crippen LogP) is 6.81. The van der Waals surface area contributed by atoms with Crippen molar-refractivity contribution in [3.8, 4) is 0 Å². The number of nitrogens with zero attached hydrogens (tertiary/aromatic N) is 1. The summed E-state index contributed by atoms with van der Waals surface area (Å²) < 4.78 is 27.6. The molecule has 1 rings (SSSR count). The summed E-state index contributed by atoms with van der Waals surface area (Å²) in [6, 6.07) is 3.94. The van der Waals surface area contributed by atoms with E-state index in [2.05, 4.69) is 39.5 Å². The second-order valence-corrected chi connectivity index (χ2v) is 7.74. The van der Waals surface area contributed by atoms with Crippen LogP contribution >= 0.6 is 0 Å². The van der Waals surface area contributed by atoms with Gasteiger partial charge in [-0.15, -0.1) is 0 Å². The molecule has 1 aromatic rings. The zero-order chi connectivity index (χ0) is 18.2. The largest absolute Gasteiger partial charge is 0.369 e. The van der Waals surface area contributed by atoms with Gasteiger partial charge in [-0.25, -0.2) is 8.78 Å². The Balaban J connectivity index is 2.89. The van der Waals surface area contributed by atoms with Gasteiger partial charge in [0, 0.05) is 19.2 Å². The molecule has 0 N–H and O–H groups in total. The van der Waals surface area contributed by atoms with Crippen LogP contribution in [0.3, 0.4) is 0 Å². The first-order valence-electron chi connectivity index (χ1n) is 9.53. The van der Waals surface area contributed by atoms with E-state index in [4.69, 9.17) is 0 Å². The molecular weight excluding hydrogens is 304 g/mol. The van der Waals surface area contributed by atoms with Gasteiger partial charge in [-0.1, -0.05) is 60.3 Å². The Kier molecular flexibility index (Phi) is 8.72. The van der Waals surface area contributed by atoms with Gasteiger partial charge in [0.05, 0.1) is 5.69 Å². The fraction of sp³-hybridized carbons (Fsp3) is 0.714. The lowest BCUT2D eigenvalue weighted by atomic mass is 9.89. The Hall–Kier alpha value is -1.12. The van der Waals surface area contributed by atoms with Crippen LogP contribution in [0.25, 0.3) is 0 Å². The molecule has 1 unspecified atom stereocenters. The number of benzene rings is 1. The summed E-state index contributed by atoms with van der Waals surface area (Å²) in [6.07, 6.45) is 6.97. The van der Waals surface area contributed by atoms with Crippen LogP contribution in [0.15, 0.2) is 18.2 Å². The van der Waals surface area contributed by atoms with Crippen molar-refractivity contribution in [2.75, 3.05) is 18.0 Å². The summed E-state index contributed by atoms with van der Waals surface area (Å²) >= 11 is 0. The maximum Gasteiger partial charge on any atom is 0.149 e. The third kappa shape index (κ3) is 6.78. The minimum absolute atomic E-state index is 0.103. The van der Waals surface area contributed by atoms with Crippen molar-refractivity contribution >= 4 is 5.69 Å². The molecule has 0 heterocycles. The molecule has 0 aliphatic rings. The van der Waals surface area contributed by atoms with Crippen LogP contribution in [0.2, 0.25) is 0 Å². The second-order valence-electron chi connectivity index (χ2n) is 7.74. The maximum absolute atomic E-state index is 14.3. The fourth-order valence-electron chi connectivity index (χ4n) is 3.03. The van der Waals surface area contributed by atoms with Gasteiger partial charge in [-0.2, -0.15) is 0 Å². The van der Waals surface area contributed by atoms with Crippen molar-refractivity contribution < 1.29 is 8.78 Å². The Labute approximate surface area is 147 Å². The summed E-state index contributed by atoms with van der Waals surface area (Å²) in [5.74, 6) is -0.287. The molecule has 3 heteroatoms. The van der Waals surface area contributed by atoms with Gasteiger partial charge in [0.25, 0.3) is 0 Å². The van der Waals surface area contributed by atoms with Crippen LogP contribution < -0.4 is 4.90 Å². The van der Waals surface area contributed by atoms with E-state index in [1.54, 1.807) is 6.07 Å². The molecule has 0 saturated heterocycles. The zero-order valence-electron chi connectivity index (χ0n) is 16.2. The van der Waals surface area contributed by atoms with E-state index in [-0.39, 0.29) is 5.41 Å². The van der Waals surface area contributed by atoms with Crippen LogP contribution in [-0.2, 0) is 0 Å². The molecule has 0 radical (unpaired) electrons. The van der Waals surface area contributed by atoms with Crippen LogP contribution in [0, 0.1) is 23.0 Å². The minimum Gasteiger partial charge on any atom is -0.369 e. The summed E-state index contributed by atoms with van der Waals surface area (Å²) in [7, 11) is 0. The fourth-order valence-corrected chi connectivity index (χ4v) is 3.03. The summed E-state index contributed by atoms with van der Waals surface area (Å²) in [5, 5.41) is 0. The number of unbranched alkanes of at least 4 members (excludes halogenated alkanes) is 1. The van der Waals surface area contributed by atoms with Crippen molar-refractivity contribution in [2.24, 2.45) is 11.3 Å². The van der Waals surface area contributed by atoms with Crippen LogP contribution in [0.1, 0.15) is 73.1 Å². The zero-order valence-corrected chi connectivity index (χ0v) is 16.2. The molecule has 0 fully saturated rings. The van der Waals surface area contributed by atoms with Gasteiger partial charge in [-0.3, -0.25) is 0 Å². The van der Waals surface area contributed by atoms with Crippen molar-refractivity contribution in [2.45, 2.75) is 73.1 Å². The van der Waals surface area contributed by atoms with Crippen molar-refractivity contribution in [3.05, 3.63) is 29.8 Å². The summed E-state index contributed by atoms with van der Waals surface area (Å²) in [6.45, 7) is 12.6. The average molecular weight is 340 g/mol. The minimum atomic E-state index is -0.514. The Morgan fingerprint density at radius 3 is 2.33 bits per heavy atom. The quantitative estimate of drug-likeness (QED) is 0.428. The van der Waals surface area contributed by atoms with Crippen LogP contribution in [0.5, 0.6) is 0 Å².